The van der Waals surface area contributed by atoms with E-state index < -0.39 is 0 Å². The minimum absolute atomic E-state index is 0.625. The minimum atomic E-state index is 0.625. The summed E-state index contributed by atoms with van der Waals surface area (Å²) in [5, 5.41) is 4.98. The van der Waals surface area contributed by atoms with E-state index in [1.165, 1.54) is 60.7 Å². The molecule has 1 fully saturated rings. The lowest BCUT2D eigenvalue weighted by molar-refractivity contribution is 0.751. The molecule has 4 rings (SSSR count). The zero-order valence-corrected chi connectivity index (χ0v) is 11.2. The highest BCUT2D eigenvalue weighted by molar-refractivity contribution is 7.19. The number of aryl methyl sites for hydroxylation is 2. The molecule has 94 valence electrons. The number of thiophene rings is 1. The van der Waals surface area contributed by atoms with E-state index in [2.05, 4.69) is 15.3 Å². The molecule has 2 aliphatic carbocycles. The summed E-state index contributed by atoms with van der Waals surface area (Å²) >= 11 is 1.87. The Hall–Kier alpha value is -1.16. The molecule has 0 amide bonds. The third kappa shape index (κ3) is 1.62. The van der Waals surface area contributed by atoms with Crippen LogP contribution in [-0.2, 0) is 12.8 Å². The van der Waals surface area contributed by atoms with Gasteiger partial charge in [0.2, 0.25) is 0 Å². The highest BCUT2D eigenvalue weighted by Crippen LogP contribution is 2.39. The molecule has 0 aliphatic heterocycles. The van der Waals surface area contributed by atoms with Crippen LogP contribution in [0.25, 0.3) is 10.2 Å². The number of aromatic nitrogens is 2. The second kappa shape index (κ2) is 4.19. The molecule has 0 bridgehead atoms. The molecular formula is C14H17N3S. The maximum Gasteiger partial charge on any atom is 0.138 e. The molecule has 3 nitrogen and oxygen atoms in total. The van der Waals surface area contributed by atoms with E-state index in [0.29, 0.717) is 6.04 Å². The average Bonchev–Trinajstić information content (AvgIpc) is 3.03. The van der Waals surface area contributed by atoms with Crippen molar-refractivity contribution in [3.05, 3.63) is 16.8 Å². The second-order valence-electron chi connectivity index (χ2n) is 5.39. The summed E-state index contributed by atoms with van der Waals surface area (Å²) in [7, 11) is 0. The summed E-state index contributed by atoms with van der Waals surface area (Å²) in [5.74, 6) is 1.09. The second-order valence-corrected chi connectivity index (χ2v) is 6.47. The van der Waals surface area contributed by atoms with Crippen molar-refractivity contribution in [3.63, 3.8) is 0 Å². The van der Waals surface area contributed by atoms with Crippen molar-refractivity contribution in [3.8, 4) is 0 Å². The molecule has 4 heteroatoms. The van der Waals surface area contributed by atoms with Gasteiger partial charge in [-0.05, 0) is 37.7 Å². The monoisotopic (exact) mass is 259 g/mol. The summed E-state index contributed by atoms with van der Waals surface area (Å²) in [4.78, 5) is 11.7. The topological polar surface area (TPSA) is 37.8 Å². The van der Waals surface area contributed by atoms with E-state index in [1.807, 2.05) is 11.3 Å². The number of rotatable bonds is 2. The van der Waals surface area contributed by atoms with Crippen molar-refractivity contribution in [2.75, 3.05) is 5.32 Å². The first kappa shape index (κ1) is 10.7. The average molecular weight is 259 g/mol. The van der Waals surface area contributed by atoms with Gasteiger partial charge < -0.3 is 5.32 Å². The molecule has 0 aromatic carbocycles. The van der Waals surface area contributed by atoms with Crippen LogP contribution in [0.2, 0.25) is 0 Å². The van der Waals surface area contributed by atoms with Crippen LogP contribution in [0.4, 0.5) is 5.82 Å². The SMILES string of the molecule is c1nc(NC2CCCC2)c2c3c(sc2n1)CCC3. The Balaban J connectivity index is 1.79. The van der Waals surface area contributed by atoms with Crippen LogP contribution in [0, 0.1) is 0 Å². The molecule has 2 heterocycles. The van der Waals surface area contributed by atoms with Crippen LogP contribution >= 0.6 is 11.3 Å². The molecule has 0 unspecified atom stereocenters. The van der Waals surface area contributed by atoms with E-state index in [0.717, 1.165) is 5.82 Å². The molecule has 1 saturated carbocycles. The highest BCUT2D eigenvalue weighted by atomic mass is 32.1. The van der Waals surface area contributed by atoms with Gasteiger partial charge in [0.25, 0.3) is 0 Å². The third-order valence-corrected chi connectivity index (χ3v) is 5.40. The van der Waals surface area contributed by atoms with Gasteiger partial charge in [0.15, 0.2) is 0 Å². The predicted octanol–water partition coefficient (Wildman–Crippen LogP) is 3.53. The molecule has 1 N–H and O–H groups in total. The zero-order valence-electron chi connectivity index (χ0n) is 10.4. The molecule has 18 heavy (non-hydrogen) atoms. The first-order valence-corrected chi connectivity index (χ1v) is 7.75. The fourth-order valence-corrected chi connectivity index (χ4v) is 4.53. The Labute approximate surface area is 111 Å². The van der Waals surface area contributed by atoms with Crippen LogP contribution < -0.4 is 5.32 Å². The first-order chi connectivity index (χ1) is 8.92. The largest absolute Gasteiger partial charge is 0.367 e. The summed E-state index contributed by atoms with van der Waals surface area (Å²) < 4.78 is 0. The number of nitrogens with one attached hydrogen (secondary N) is 1. The molecule has 2 aliphatic rings. The van der Waals surface area contributed by atoms with Crippen LogP contribution in [0.15, 0.2) is 6.33 Å². The lowest BCUT2D eigenvalue weighted by atomic mass is 10.1. The van der Waals surface area contributed by atoms with Gasteiger partial charge >= 0.3 is 0 Å². The number of nitrogens with zero attached hydrogens (tertiary/aromatic N) is 2. The Morgan fingerprint density at radius 2 is 2.00 bits per heavy atom. The maximum atomic E-state index is 4.50. The minimum Gasteiger partial charge on any atom is -0.367 e. The number of hydrogen-bond acceptors (Lipinski definition) is 4. The molecule has 0 saturated heterocycles. The Morgan fingerprint density at radius 3 is 2.89 bits per heavy atom. The number of anilines is 1. The molecule has 2 aromatic rings. The fraction of sp³-hybridized carbons (Fsp3) is 0.571. The summed E-state index contributed by atoms with van der Waals surface area (Å²) in [6.45, 7) is 0. The van der Waals surface area contributed by atoms with E-state index >= 15 is 0 Å². The summed E-state index contributed by atoms with van der Waals surface area (Å²) in [6.07, 6.45) is 10.7. The molecule has 0 spiro atoms. The lowest BCUT2D eigenvalue weighted by Gasteiger charge is -2.13. The standard InChI is InChI=1S/C14H17N3S/c1-2-5-9(4-1)17-13-12-10-6-3-7-11(10)18-14(12)16-8-15-13/h8-9H,1-7H2,(H,15,16,17). The maximum absolute atomic E-state index is 4.50. The predicted molar refractivity (Wildman–Crippen MR) is 75.3 cm³/mol. The zero-order chi connectivity index (χ0) is 11.9. The van der Waals surface area contributed by atoms with E-state index in [1.54, 1.807) is 11.2 Å². The van der Waals surface area contributed by atoms with Gasteiger partial charge in [0.05, 0.1) is 5.39 Å². The smallest absolute Gasteiger partial charge is 0.138 e. The Bertz CT molecular complexity index is 584. The van der Waals surface area contributed by atoms with E-state index in [-0.39, 0.29) is 0 Å². The van der Waals surface area contributed by atoms with Crippen molar-refractivity contribution in [1.29, 1.82) is 0 Å². The van der Waals surface area contributed by atoms with Crippen molar-refractivity contribution >= 4 is 27.4 Å². The van der Waals surface area contributed by atoms with Gasteiger partial charge in [-0.15, -0.1) is 11.3 Å². The van der Waals surface area contributed by atoms with Gasteiger partial charge in [-0.3, -0.25) is 0 Å². The molecular weight excluding hydrogens is 242 g/mol. The van der Waals surface area contributed by atoms with E-state index in [4.69, 9.17) is 0 Å². The number of fused-ring (bicyclic) bond motifs is 3. The van der Waals surface area contributed by atoms with E-state index in [9.17, 15) is 0 Å². The van der Waals surface area contributed by atoms with Crippen LogP contribution in [0.1, 0.15) is 42.5 Å². The van der Waals surface area contributed by atoms with Gasteiger partial charge in [-0.2, -0.15) is 0 Å². The van der Waals surface area contributed by atoms with Crippen LogP contribution in [-0.4, -0.2) is 16.0 Å². The number of hydrogen-bond donors (Lipinski definition) is 1. The lowest BCUT2D eigenvalue weighted by Crippen LogP contribution is -2.15. The van der Waals surface area contributed by atoms with Crippen molar-refractivity contribution < 1.29 is 0 Å². The quantitative estimate of drug-likeness (QED) is 0.896. The van der Waals surface area contributed by atoms with Crippen molar-refractivity contribution in [2.45, 2.75) is 51.0 Å². The van der Waals surface area contributed by atoms with Gasteiger partial charge in [-0.25, -0.2) is 9.97 Å². The molecule has 0 atom stereocenters. The molecule has 0 radical (unpaired) electrons. The van der Waals surface area contributed by atoms with Crippen molar-refractivity contribution in [1.82, 2.24) is 9.97 Å². The van der Waals surface area contributed by atoms with Gasteiger partial charge in [-0.1, -0.05) is 12.8 Å². The van der Waals surface area contributed by atoms with Gasteiger partial charge in [0, 0.05) is 10.9 Å². The van der Waals surface area contributed by atoms with Crippen LogP contribution in [0.3, 0.4) is 0 Å². The summed E-state index contributed by atoms with van der Waals surface area (Å²) in [5.41, 5.74) is 1.52. The third-order valence-electron chi connectivity index (χ3n) is 4.20. The summed E-state index contributed by atoms with van der Waals surface area (Å²) in [6, 6.07) is 0.625. The van der Waals surface area contributed by atoms with Gasteiger partial charge in [0.1, 0.15) is 17.0 Å². The fourth-order valence-electron chi connectivity index (χ4n) is 3.30. The van der Waals surface area contributed by atoms with Crippen LogP contribution in [0.5, 0.6) is 0 Å². The normalized spacial score (nSPS) is 19.6. The van der Waals surface area contributed by atoms with Crippen molar-refractivity contribution in [2.24, 2.45) is 0 Å². The molecule has 2 aromatic heterocycles. The highest BCUT2D eigenvalue weighted by Gasteiger charge is 2.23. The first-order valence-electron chi connectivity index (χ1n) is 6.93. The Kier molecular flexibility index (Phi) is 2.50. The Morgan fingerprint density at radius 1 is 1.11 bits per heavy atom.